The van der Waals surface area contributed by atoms with E-state index in [0.717, 1.165) is 0 Å². The van der Waals surface area contributed by atoms with Crippen LogP contribution < -0.4 is 5.32 Å². The molecule has 0 aliphatic carbocycles. The number of fused-ring (bicyclic) bond motifs is 1. The normalized spacial score (nSPS) is 11.4. The van der Waals surface area contributed by atoms with E-state index in [1.54, 1.807) is 30.3 Å². The third-order valence-corrected chi connectivity index (χ3v) is 3.74. The van der Waals surface area contributed by atoms with E-state index >= 15 is 0 Å². The fourth-order valence-corrected chi connectivity index (χ4v) is 2.77. The minimum Gasteiger partial charge on any atom is -0.328 e. The van der Waals surface area contributed by atoms with E-state index in [9.17, 15) is 13.2 Å². The van der Waals surface area contributed by atoms with Gasteiger partial charge in [-0.15, -0.1) is 0 Å². The maximum absolute atomic E-state index is 11.4. The lowest BCUT2D eigenvalue weighted by molar-refractivity contribution is -0.105. The number of amides is 1. The summed E-state index contributed by atoms with van der Waals surface area (Å²) in [5.41, 5.74) is 0.541. The fraction of sp³-hybridized carbons (Fsp3) is 0. The molecule has 2 aromatic carbocycles. The van der Waals surface area contributed by atoms with E-state index < -0.39 is 9.05 Å². The Morgan fingerprint density at radius 1 is 1.06 bits per heavy atom. The number of nitrogens with one attached hydrogen (secondary N) is 1. The summed E-state index contributed by atoms with van der Waals surface area (Å²) in [6.07, 6.45) is 0.538. The van der Waals surface area contributed by atoms with Gasteiger partial charge in [0.2, 0.25) is 6.41 Å². The van der Waals surface area contributed by atoms with E-state index in [-0.39, 0.29) is 4.90 Å². The molecule has 17 heavy (non-hydrogen) atoms. The first-order valence-corrected chi connectivity index (χ1v) is 7.01. The average Bonchev–Trinajstić information content (AvgIpc) is 2.28. The second-order valence-corrected chi connectivity index (χ2v) is 5.89. The average molecular weight is 270 g/mol. The molecule has 2 rings (SSSR count). The van der Waals surface area contributed by atoms with E-state index in [2.05, 4.69) is 5.32 Å². The standard InChI is InChI=1S/C11H8ClNO3S/c12-17(15,16)11-6-2-3-8-9(11)4-1-5-10(8)13-7-14/h1-7H,(H,13,14). The maximum atomic E-state index is 11.4. The zero-order chi connectivity index (χ0) is 12.5. The van der Waals surface area contributed by atoms with E-state index in [4.69, 9.17) is 10.7 Å². The summed E-state index contributed by atoms with van der Waals surface area (Å²) < 4.78 is 22.8. The number of rotatable bonds is 3. The Morgan fingerprint density at radius 3 is 2.35 bits per heavy atom. The van der Waals surface area contributed by atoms with Gasteiger partial charge in [0.1, 0.15) is 0 Å². The Hall–Kier alpha value is -1.59. The van der Waals surface area contributed by atoms with Gasteiger partial charge >= 0.3 is 0 Å². The topological polar surface area (TPSA) is 63.2 Å². The first-order valence-electron chi connectivity index (χ1n) is 4.70. The van der Waals surface area contributed by atoms with Crippen LogP contribution in [0.2, 0.25) is 0 Å². The van der Waals surface area contributed by atoms with E-state index in [0.29, 0.717) is 22.9 Å². The smallest absolute Gasteiger partial charge is 0.261 e. The summed E-state index contributed by atoms with van der Waals surface area (Å²) in [5.74, 6) is 0. The number of benzene rings is 2. The van der Waals surface area contributed by atoms with Gasteiger partial charge in [0.15, 0.2) is 0 Å². The largest absolute Gasteiger partial charge is 0.328 e. The van der Waals surface area contributed by atoms with Crippen LogP contribution in [0.25, 0.3) is 10.8 Å². The van der Waals surface area contributed by atoms with Crippen molar-refractivity contribution >= 4 is 42.6 Å². The molecular formula is C11H8ClNO3S. The summed E-state index contributed by atoms with van der Waals surface area (Å²) in [6, 6.07) is 9.69. The van der Waals surface area contributed by atoms with Crippen LogP contribution in [0, 0.1) is 0 Å². The summed E-state index contributed by atoms with van der Waals surface area (Å²) in [4.78, 5) is 10.5. The molecule has 1 N–H and O–H groups in total. The van der Waals surface area contributed by atoms with Crippen molar-refractivity contribution in [2.24, 2.45) is 0 Å². The highest BCUT2D eigenvalue weighted by atomic mass is 35.7. The number of hydrogen-bond donors (Lipinski definition) is 1. The van der Waals surface area contributed by atoms with Gasteiger partial charge in [0, 0.05) is 27.1 Å². The van der Waals surface area contributed by atoms with Crippen LogP contribution in [0.4, 0.5) is 5.69 Å². The predicted octanol–water partition coefficient (Wildman–Crippen LogP) is 2.34. The molecule has 0 saturated carbocycles. The molecule has 0 unspecified atom stereocenters. The first-order chi connectivity index (χ1) is 8.04. The minimum atomic E-state index is -3.81. The van der Waals surface area contributed by atoms with Gasteiger partial charge in [-0.1, -0.05) is 24.3 Å². The van der Waals surface area contributed by atoms with Crippen LogP contribution in [0.1, 0.15) is 0 Å². The van der Waals surface area contributed by atoms with Gasteiger partial charge in [0.25, 0.3) is 9.05 Å². The molecule has 4 nitrogen and oxygen atoms in total. The zero-order valence-electron chi connectivity index (χ0n) is 8.55. The quantitative estimate of drug-likeness (QED) is 0.687. The predicted molar refractivity (Wildman–Crippen MR) is 66.7 cm³/mol. The van der Waals surface area contributed by atoms with Crippen molar-refractivity contribution in [1.82, 2.24) is 0 Å². The molecule has 1 amide bonds. The van der Waals surface area contributed by atoms with E-state index in [1.165, 1.54) is 6.07 Å². The Bertz CT molecular complexity index is 682. The fourth-order valence-electron chi connectivity index (χ4n) is 1.68. The Kier molecular flexibility index (Phi) is 3.04. The molecule has 0 heterocycles. The van der Waals surface area contributed by atoms with Gasteiger partial charge in [-0.25, -0.2) is 8.42 Å². The minimum absolute atomic E-state index is 0.0335. The molecule has 0 atom stereocenters. The highest BCUT2D eigenvalue weighted by Crippen LogP contribution is 2.30. The molecular weight excluding hydrogens is 262 g/mol. The molecule has 0 spiro atoms. The number of carbonyl (C=O) groups is 1. The second kappa shape index (κ2) is 4.35. The van der Waals surface area contributed by atoms with E-state index in [1.807, 2.05) is 0 Å². The molecule has 0 aliphatic rings. The van der Waals surface area contributed by atoms with Gasteiger partial charge in [-0.3, -0.25) is 4.79 Å². The Balaban J connectivity index is 2.83. The number of halogens is 1. The number of hydrogen-bond acceptors (Lipinski definition) is 3. The molecule has 2 aromatic rings. The lowest BCUT2D eigenvalue weighted by Crippen LogP contribution is -1.97. The molecule has 0 aromatic heterocycles. The first kappa shape index (κ1) is 11.9. The maximum Gasteiger partial charge on any atom is 0.261 e. The van der Waals surface area contributed by atoms with Crippen molar-refractivity contribution in [2.45, 2.75) is 4.90 Å². The highest BCUT2D eigenvalue weighted by molar-refractivity contribution is 8.14. The van der Waals surface area contributed by atoms with Gasteiger partial charge in [0.05, 0.1) is 4.90 Å². The van der Waals surface area contributed by atoms with Crippen LogP contribution in [0.15, 0.2) is 41.3 Å². The van der Waals surface area contributed by atoms with Crippen LogP contribution >= 0.6 is 10.7 Å². The molecule has 88 valence electrons. The summed E-state index contributed by atoms with van der Waals surface area (Å²) in [7, 11) is 1.54. The van der Waals surface area contributed by atoms with Crippen molar-refractivity contribution in [2.75, 3.05) is 5.32 Å². The van der Waals surface area contributed by atoms with Gasteiger partial charge in [-0.2, -0.15) is 0 Å². The lowest BCUT2D eigenvalue weighted by atomic mass is 10.1. The van der Waals surface area contributed by atoms with Crippen molar-refractivity contribution in [3.63, 3.8) is 0 Å². The summed E-state index contributed by atoms with van der Waals surface area (Å²) in [6.45, 7) is 0. The van der Waals surface area contributed by atoms with Crippen molar-refractivity contribution < 1.29 is 13.2 Å². The number of carbonyl (C=O) groups excluding carboxylic acids is 1. The SMILES string of the molecule is O=CNc1cccc2c(S(=O)(=O)Cl)cccc12. The van der Waals surface area contributed by atoms with Crippen LogP contribution in [-0.4, -0.2) is 14.8 Å². The molecule has 0 radical (unpaired) electrons. The van der Waals surface area contributed by atoms with Crippen LogP contribution in [0.3, 0.4) is 0 Å². The van der Waals surface area contributed by atoms with Crippen molar-refractivity contribution in [3.8, 4) is 0 Å². The molecule has 0 aliphatic heterocycles. The Labute approximate surface area is 103 Å². The van der Waals surface area contributed by atoms with Crippen molar-refractivity contribution in [3.05, 3.63) is 36.4 Å². The number of anilines is 1. The third-order valence-electron chi connectivity index (χ3n) is 2.36. The third kappa shape index (κ3) is 2.25. The summed E-state index contributed by atoms with van der Waals surface area (Å²) >= 11 is 0. The van der Waals surface area contributed by atoms with Crippen LogP contribution in [-0.2, 0) is 13.8 Å². The highest BCUT2D eigenvalue weighted by Gasteiger charge is 2.14. The molecule has 0 saturated heterocycles. The lowest BCUT2D eigenvalue weighted by Gasteiger charge is -2.07. The monoisotopic (exact) mass is 269 g/mol. The van der Waals surface area contributed by atoms with Gasteiger partial charge in [-0.05, 0) is 12.1 Å². The van der Waals surface area contributed by atoms with Gasteiger partial charge < -0.3 is 5.32 Å². The zero-order valence-corrected chi connectivity index (χ0v) is 10.1. The summed E-state index contributed by atoms with van der Waals surface area (Å²) in [5, 5.41) is 3.62. The second-order valence-electron chi connectivity index (χ2n) is 3.36. The molecule has 6 heteroatoms. The Morgan fingerprint density at radius 2 is 1.71 bits per heavy atom. The van der Waals surface area contributed by atoms with Crippen molar-refractivity contribution in [1.29, 1.82) is 0 Å². The molecule has 0 bridgehead atoms. The van der Waals surface area contributed by atoms with Crippen LogP contribution in [0.5, 0.6) is 0 Å². The molecule has 0 fully saturated rings.